The third kappa shape index (κ3) is 49.5. The molecule has 0 bridgehead atoms. The predicted octanol–water partition coefficient (Wildman–Crippen LogP) is -2.67. The van der Waals surface area contributed by atoms with Crippen LogP contribution in [0.1, 0.15) is 230 Å². The van der Waals surface area contributed by atoms with Crippen molar-refractivity contribution in [3.63, 3.8) is 0 Å². The monoisotopic (exact) mass is 1740 g/mol. The Labute approximate surface area is 712 Å². The second kappa shape index (κ2) is 61.4. The standard InChI is InChI=1S/C78H138ClN19O23/c1-42(2)35-55(94-69(112)50(22-14-18-34-83)88-68(111)49(21-13-17-33-82)90-75(118)57(37-44(5)6)98-77(120)58(38-45(7)8)95-72(115)53(25-29-64(105)106)91-70(113)51(23-27-62(101)102)86-61(100)40-79)76(119)93-52(24-28-63(103)104)71(114)92-54(26-30-65(107)108)73(116)96-59(39-46(9)10)78(121)97-56(36-43(3)4)74(117)89-48(20-12-16-32-81)67(110)87-47(19-11-15-31-80)66(109)85-41-60(84)99/h42-59H,11-41,80-83H2,1-10H3,(H2,84,99)(H,85,109)(H,86,100)(H,87,110)(H,88,111)(H,89,117)(H,90,118)(H,91,113)(H,92,114)(H,93,119)(H,94,112)(H,95,115)(H,96,116)(H,97,121)(H,98,120)(H,101,102)(H,103,104)(H,105,106)(H,107,108)/t47-,48-,49-,50-,51-,52-,53-,54-,55-,56-,57-,58-,59-/m0/s1. The topological polar surface area (TPSA) is 704 Å². The van der Waals surface area contributed by atoms with E-state index in [1.165, 1.54) is 0 Å². The highest BCUT2D eigenvalue weighted by atomic mass is 35.5. The molecule has 121 heavy (non-hydrogen) atoms. The lowest BCUT2D eigenvalue weighted by Gasteiger charge is -2.29. The number of nitrogens with two attached hydrogens (primary N) is 5. The Morgan fingerprint density at radius 3 is 0.579 bits per heavy atom. The summed E-state index contributed by atoms with van der Waals surface area (Å²) in [7, 11) is 0. The van der Waals surface area contributed by atoms with Gasteiger partial charge in [0.25, 0.3) is 0 Å². The molecule has 0 aliphatic carbocycles. The van der Waals surface area contributed by atoms with Crippen molar-refractivity contribution in [1.29, 1.82) is 0 Å². The lowest BCUT2D eigenvalue weighted by molar-refractivity contribution is -0.140. The van der Waals surface area contributed by atoms with Gasteiger partial charge in [-0.05, 0) is 191 Å². The molecule has 0 spiro atoms. The fourth-order valence-corrected chi connectivity index (χ4v) is 12.6. The van der Waals surface area contributed by atoms with Gasteiger partial charge in [-0.1, -0.05) is 69.2 Å². The van der Waals surface area contributed by atoms with Crippen LogP contribution in [0.5, 0.6) is 0 Å². The fraction of sp³-hybridized carbons (Fsp3) is 0.756. The van der Waals surface area contributed by atoms with Crippen LogP contribution in [-0.4, -0.2) is 250 Å². The Kier molecular flexibility index (Phi) is 56.3. The van der Waals surface area contributed by atoms with E-state index in [0.717, 1.165) is 0 Å². The normalized spacial score (nSPS) is 14.5. The maximum absolute atomic E-state index is 14.7. The molecule has 0 heterocycles. The zero-order valence-corrected chi connectivity index (χ0v) is 72.4. The Bertz CT molecular complexity index is 3370. The summed E-state index contributed by atoms with van der Waals surface area (Å²) in [6, 6.07) is -19.6. The number of primary amides is 1. The maximum atomic E-state index is 14.7. The Morgan fingerprint density at radius 2 is 0.413 bits per heavy atom. The van der Waals surface area contributed by atoms with Gasteiger partial charge in [0.15, 0.2) is 0 Å². The molecule has 43 heteroatoms. The summed E-state index contributed by atoms with van der Waals surface area (Å²) in [6.45, 7) is 17.4. The Balaban J connectivity index is 7.46. The summed E-state index contributed by atoms with van der Waals surface area (Å²) in [5, 5.41) is 74.2. The molecule has 0 aromatic heterocycles. The van der Waals surface area contributed by atoms with Crippen molar-refractivity contribution in [2.45, 2.75) is 308 Å². The van der Waals surface area contributed by atoms with Gasteiger partial charge in [0.05, 0.1) is 6.54 Å². The Hall–Kier alpha value is -9.94. The van der Waals surface area contributed by atoms with E-state index in [0.29, 0.717) is 38.5 Å². The minimum Gasteiger partial charge on any atom is -0.481 e. The first-order valence-corrected chi connectivity index (χ1v) is 42.1. The van der Waals surface area contributed by atoms with Gasteiger partial charge in [0.2, 0.25) is 88.6 Å². The number of unbranched alkanes of at least 4 members (excludes halogenated alkanes) is 4. The number of hydrogen-bond acceptors (Lipinski definition) is 23. The molecule has 0 saturated carbocycles. The van der Waals surface area contributed by atoms with Crippen LogP contribution < -0.4 is 103 Å². The minimum atomic E-state index is -1.83. The zero-order valence-electron chi connectivity index (χ0n) is 71.6. The lowest BCUT2D eigenvalue weighted by Crippen LogP contribution is -2.61. The summed E-state index contributed by atoms with van der Waals surface area (Å²) < 4.78 is 0. The second-order valence-corrected chi connectivity index (χ2v) is 32.5. The molecule has 0 unspecified atom stereocenters. The number of nitrogens with one attached hydrogen (secondary N) is 14. The molecule has 28 N–H and O–H groups in total. The van der Waals surface area contributed by atoms with E-state index in [9.17, 15) is 112 Å². The van der Waals surface area contributed by atoms with Gasteiger partial charge in [-0.3, -0.25) is 91.1 Å². The van der Waals surface area contributed by atoms with Crippen molar-refractivity contribution in [2.75, 3.05) is 38.6 Å². The van der Waals surface area contributed by atoms with Crippen molar-refractivity contribution < 1.29 is 112 Å². The van der Waals surface area contributed by atoms with E-state index in [2.05, 4.69) is 74.4 Å². The summed E-state index contributed by atoms with van der Waals surface area (Å²) >= 11 is 5.62. The average molecular weight is 1750 g/mol. The minimum absolute atomic E-state index is 0.0232. The van der Waals surface area contributed by atoms with Crippen LogP contribution in [0.25, 0.3) is 0 Å². The molecular weight excluding hydrogens is 1610 g/mol. The molecule has 0 aliphatic rings. The molecule has 15 amide bonds. The van der Waals surface area contributed by atoms with E-state index < -0.39 is 261 Å². The highest BCUT2D eigenvalue weighted by Crippen LogP contribution is 2.18. The number of carbonyl (C=O) groups excluding carboxylic acids is 15. The molecule has 690 valence electrons. The number of aliphatic carboxylic acids is 4. The van der Waals surface area contributed by atoms with E-state index >= 15 is 0 Å². The van der Waals surface area contributed by atoms with Crippen LogP contribution in [0.2, 0.25) is 0 Å². The van der Waals surface area contributed by atoms with Crippen molar-refractivity contribution in [2.24, 2.45) is 58.3 Å². The number of hydrogen-bond donors (Lipinski definition) is 23. The number of carboxylic acid groups (broad SMARTS) is 4. The van der Waals surface area contributed by atoms with Crippen molar-refractivity contribution >= 4 is 124 Å². The van der Waals surface area contributed by atoms with Gasteiger partial charge in [0, 0.05) is 25.7 Å². The van der Waals surface area contributed by atoms with Gasteiger partial charge in [-0.15, -0.1) is 11.6 Å². The fourth-order valence-electron chi connectivity index (χ4n) is 12.5. The number of alkyl halides is 1. The first kappa shape index (κ1) is 111. The lowest BCUT2D eigenvalue weighted by atomic mass is 9.98. The number of carbonyl (C=O) groups is 19. The summed E-state index contributed by atoms with van der Waals surface area (Å²) in [5.74, 6) is -22.1. The van der Waals surface area contributed by atoms with Crippen LogP contribution in [0, 0.1) is 29.6 Å². The van der Waals surface area contributed by atoms with Crippen LogP contribution in [0.3, 0.4) is 0 Å². The number of rotatable bonds is 67. The SMILES string of the molecule is CC(C)C[C@H](NC(=O)[C@H](CCC(=O)O)NC(=O)[C@H](CCC(=O)O)NC(=O)CCl)C(=O)N[C@@H](CC(C)C)C(=O)N[C@@H](CCCCN)C(=O)N[C@@H](CCCCN)C(=O)N[C@@H](CC(C)C)C(=O)N[C@@H](CCC(=O)O)C(=O)N[C@@H](CCC(=O)O)C(=O)N[C@@H](CC(C)C)C(=O)N[C@@H](CC(C)C)C(=O)N[C@@H](CCCCN)C(=O)N[C@@H](CCCCN)C(=O)NCC(N)=O. The van der Waals surface area contributed by atoms with Gasteiger partial charge < -0.3 is 124 Å². The number of carboxylic acids is 4. The first-order chi connectivity index (χ1) is 56.8. The van der Waals surface area contributed by atoms with Crippen LogP contribution in [-0.2, 0) is 91.1 Å². The van der Waals surface area contributed by atoms with Crippen LogP contribution in [0.15, 0.2) is 0 Å². The van der Waals surface area contributed by atoms with E-state index in [1.54, 1.807) is 69.2 Å². The van der Waals surface area contributed by atoms with E-state index in [1.807, 2.05) is 0 Å². The molecule has 0 fully saturated rings. The highest BCUT2D eigenvalue weighted by molar-refractivity contribution is 6.27. The zero-order chi connectivity index (χ0) is 92.2. The average Bonchev–Trinajstić information content (AvgIpc) is 0.854. The van der Waals surface area contributed by atoms with Gasteiger partial charge in [0.1, 0.15) is 84.4 Å². The van der Waals surface area contributed by atoms with Crippen LogP contribution >= 0.6 is 11.6 Å². The highest BCUT2D eigenvalue weighted by Gasteiger charge is 2.39. The summed E-state index contributed by atoms with van der Waals surface area (Å²) in [6.07, 6.45) is -2.91. The molecular formula is C78H138ClN19O23. The third-order valence-electron chi connectivity index (χ3n) is 18.7. The molecule has 13 atom stereocenters. The van der Waals surface area contributed by atoms with Crippen molar-refractivity contribution in [3.8, 4) is 0 Å². The first-order valence-electron chi connectivity index (χ1n) is 41.6. The van der Waals surface area contributed by atoms with Gasteiger partial charge >= 0.3 is 23.9 Å². The van der Waals surface area contributed by atoms with E-state index in [4.69, 9.17) is 40.3 Å². The smallest absolute Gasteiger partial charge is 0.303 e. The molecule has 0 aliphatic heterocycles. The quantitative estimate of drug-likeness (QED) is 0.0218. The number of amides is 15. The third-order valence-corrected chi connectivity index (χ3v) is 19.0. The largest absolute Gasteiger partial charge is 0.481 e. The molecule has 0 saturated heterocycles. The predicted molar refractivity (Wildman–Crippen MR) is 444 cm³/mol. The van der Waals surface area contributed by atoms with Crippen molar-refractivity contribution in [3.05, 3.63) is 0 Å². The Morgan fingerprint density at radius 1 is 0.248 bits per heavy atom. The van der Waals surface area contributed by atoms with Gasteiger partial charge in [-0.25, -0.2) is 0 Å². The number of halogens is 1. The maximum Gasteiger partial charge on any atom is 0.303 e. The molecule has 42 nitrogen and oxygen atoms in total. The molecule has 0 aromatic carbocycles. The molecule has 0 aromatic rings. The van der Waals surface area contributed by atoms with Crippen molar-refractivity contribution in [1.82, 2.24) is 74.4 Å². The second-order valence-electron chi connectivity index (χ2n) is 32.2. The molecule has 0 rings (SSSR count). The summed E-state index contributed by atoms with van der Waals surface area (Å²) in [4.78, 5) is 257. The molecule has 0 radical (unpaired) electrons. The summed E-state index contributed by atoms with van der Waals surface area (Å²) in [5.41, 5.74) is 28.4. The van der Waals surface area contributed by atoms with E-state index in [-0.39, 0.29) is 120 Å². The van der Waals surface area contributed by atoms with Gasteiger partial charge in [-0.2, -0.15) is 0 Å². The van der Waals surface area contributed by atoms with Crippen LogP contribution in [0.4, 0.5) is 0 Å².